The molecule has 0 spiro atoms. The molecule has 0 bridgehead atoms. The number of nitrogens with zero attached hydrogens (tertiary/aromatic N) is 2. The summed E-state index contributed by atoms with van der Waals surface area (Å²) >= 11 is 0. The van der Waals surface area contributed by atoms with Crippen molar-refractivity contribution in [2.75, 3.05) is 13.1 Å². The summed E-state index contributed by atoms with van der Waals surface area (Å²) in [4.78, 5) is 13.0. The molecular weight excluding hydrogens is 192 g/mol. The Morgan fingerprint density at radius 3 is 2.73 bits per heavy atom. The number of carboxylic acid groups (broad SMARTS) is 1. The zero-order valence-corrected chi connectivity index (χ0v) is 9.31. The molecule has 0 saturated carbocycles. The fourth-order valence-electron chi connectivity index (χ4n) is 2.23. The van der Waals surface area contributed by atoms with Crippen molar-refractivity contribution in [3.63, 3.8) is 0 Å². The number of carboxylic acids is 1. The number of hydrogen-bond donors (Lipinski definition) is 1. The van der Waals surface area contributed by atoms with Crippen LogP contribution in [0.4, 0.5) is 0 Å². The molecule has 0 aliphatic carbocycles. The number of carbonyl (C=O) groups is 1. The molecule has 0 aromatic carbocycles. The van der Waals surface area contributed by atoms with Gasteiger partial charge >= 0.3 is 5.97 Å². The van der Waals surface area contributed by atoms with Crippen LogP contribution in [0.5, 0.6) is 0 Å². The fourth-order valence-corrected chi connectivity index (χ4v) is 2.23. The zero-order chi connectivity index (χ0) is 11.4. The zero-order valence-electron chi connectivity index (χ0n) is 9.31. The predicted molar refractivity (Wildman–Crippen MR) is 56.2 cm³/mol. The average Bonchev–Trinajstić information content (AvgIpc) is 2.17. The van der Waals surface area contributed by atoms with Crippen LogP contribution in [-0.4, -0.2) is 35.1 Å². The van der Waals surface area contributed by atoms with Crippen molar-refractivity contribution < 1.29 is 9.90 Å². The van der Waals surface area contributed by atoms with E-state index in [-0.39, 0.29) is 11.8 Å². The maximum Gasteiger partial charge on any atom is 0.321 e. The van der Waals surface area contributed by atoms with Gasteiger partial charge < -0.3 is 5.11 Å². The number of hydrogen-bond acceptors (Lipinski definition) is 3. The molecule has 4 heteroatoms. The first-order valence-corrected chi connectivity index (χ1v) is 5.42. The van der Waals surface area contributed by atoms with Crippen molar-refractivity contribution in [1.82, 2.24) is 4.90 Å². The third-order valence-electron chi connectivity index (χ3n) is 2.91. The highest BCUT2D eigenvalue weighted by Crippen LogP contribution is 2.21. The van der Waals surface area contributed by atoms with Crippen LogP contribution >= 0.6 is 0 Å². The molecule has 4 nitrogen and oxygen atoms in total. The van der Waals surface area contributed by atoms with E-state index in [0.717, 1.165) is 19.4 Å². The van der Waals surface area contributed by atoms with Crippen molar-refractivity contribution in [1.29, 1.82) is 5.26 Å². The number of piperidine rings is 1. The second-order valence-corrected chi connectivity index (χ2v) is 4.49. The van der Waals surface area contributed by atoms with Crippen molar-refractivity contribution in [3.8, 4) is 6.07 Å². The van der Waals surface area contributed by atoms with Gasteiger partial charge in [-0.25, -0.2) is 0 Å². The average molecular weight is 210 g/mol. The highest BCUT2D eigenvalue weighted by Gasteiger charge is 2.32. The Labute approximate surface area is 90.5 Å². The first kappa shape index (κ1) is 12.0. The van der Waals surface area contributed by atoms with E-state index in [9.17, 15) is 4.79 Å². The highest BCUT2D eigenvalue weighted by atomic mass is 16.4. The van der Waals surface area contributed by atoms with Crippen LogP contribution in [0, 0.1) is 23.2 Å². The Kier molecular flexibility index (Phi) is 4.10. The second kappa shape index (κ2) is 5.13. The van der Waals surface area contributed by atoms with Gasteiger partial charge in [0.05, 0.1) is 12.0 Å². The lowest BCUT2D eigenvalue weighted by molar-refractivity contribution is -0.145. The summed E-state index contributed by atoms with van der Waals surface area (Å²) in [6.45, 7) is 5.22. The summed E-state index contributed by atoms with van der Waals surface area (Å²) in [5.74, 6) is -0.692. The monoisotopic (exact) mass is 210 g/mol. The summed E-state index contributed by atoms with van der Waals surface area (Å²) in [5.41, 5.74) is 0. The molecule has 84 valence electrons. The summed E-state index contributed by atoms with van der Waals surface area (Å²) in [5, 5.41) is 18.0. The highest BCUT2D eigenvalue weighted by molar-refractivity contribution is 5.73. The second-order valence-electron chi connectivity index (χ2n) is 4.49. The fraction of sp³-hybridized carbons (Fsp3) is 0.818. The minimum absolute atomic E-state index is 0.000602. The van der Waals surface area contributed by atoms with Gasteiger partial charge in [0.1, 0.15) is 6.04 Å². The van der Waals surface area contributed by atoms with E-state index in [0.29, 0.717) is 6.54 Å². The smallest absolute Gasteiger partial charge is 0.321 e. The van der Waals surface area contributed by atoms with E-state index in [1.807, 2.05) is 18.7 Å². The van der Waals surface area contributed by atoms with Crippen LogP contribution in [0.3, 0.4) is 0 Å². The molecule has 1 saturated heterocycles. The van der Waals surface area contributed by atoms with E-state index in [1.165, 1.54) is 0 Å². The third kappa shape index (κ3) is 2.93. The van der Waals surface area contributed by atoms with Crippen LogP contribution < -0.4 is 0 Å². The molecular formula is C11H18N2O2. The van der Waals surface area contributed by atoms with E-state index in [2.05, 4.69) is 6.07 Å². The van der Waals surface area contributed by atoms with Gasteiger partial charge in [0.2, 0.25) is 0 Å². The summed E-state index contributed by atoms with van der Waals surface area (Å²) in [6, 6.07) is 1.79. The number of likely N-dealkylation sites (tertiary alicyclic amines) is 1. The molecule has 1 fully saturated rings. The molecule has 1 aliphatic heterocycles. The van der Waals surface area contributed by atoms with Gasteiger partial charge in [-0.05, 0) is 25.3 Å². The Hall–Kier alpha value is -1.08. The Morgan fingerprint density at radius 2 is 2.27 bits per heavy atom. The van der Waals surface area contributed by atoms with Crippen LogP contribution in [0.15, 0.2) is 0 Å². The van der Waals surface area contributed by atoms with Crippen molar-refractivity contribution in [3.05, 3.63) is 0 Å². The first-order chi connectivity index (χ1) is 7.06. The topological polar surface area (TPSA) is 64.3 Å². The van der Waals surface area contributed by atoms with Gasteiger partial charge in [-0.3, -0.25) is 9.69 Å². The van der Waals surface area contributed by atoms with Gasteiger partial charge in [0.15, 0.2) is 0 Å². The molecule has 1 heterocycles. The first-order valence-electron chi connectivity index (χ1n) is 5.42. The van der Waals surface area contributed by atoms with E-state index in [1.54, 1.807) is 0 Å². The molecule has 2 unspecified atom stereocenters. The van der Waals surface area contributed by atoms with Crippen LogP contribution in [0.1, 0.15) is 26.7 Å². The number of nitriles is 1. The number of aliphatic carboxylic acids is 1. The minimum atomic E-state index is -0.774. The van der Waals surface area contributed by atoms with Gasteiger partial charge in [-0.2, -0.15) is 5.26 Å². The minimum Gasteiger partial charge on any atom is -0.480 e. The lowest BCUT2D eigenvalue weighted by Crippen LogP contribution is -2.49. The molecule has 0 radical (unpaired) electrons. The van der Waals surface area contributed by atoms with E-state index < -0.39 is 12.0 Å². The summed E-state index contributed by atoms with van der Waals surface area (Å²) < 4.78 is 0. The van der Waals surface area contributed by atoms with Crippen molar-refractivity contribution in [2.45, 2.75) is 32.7 Å². The number of rotatable bonds is 3. The molecule has 1 aliphatic rings. The Morgan fingerprint density at radius 1 is 1.60 bits per heavy atom. The quantitative estimate of drug-likeness (QED) is 0.763. The Balaban J connectivity index is 2.68. The maximum atomic E-state index is 11.1. The lowest BCUT2D eigenvalue weighted by atomic mass is 9.94. The van der Waals surface area contributed by atoms with Crippen molar-refractivity contribution >= 4 is 5.97 Å². The molecule has 2 atom stereocenters. The van der Waals surface area contributed by atoms with Gasteiger partial charge in [0, 0.05) is 6.54 Å². The standard InChI is InChI=1S/C11H18N2O2/c1-8(2)10(11(14)15)13-5-3-4-9(6-12)7-13/h8-10H,3-5,7H2,1-2H3,(H,14,15). The summed E-state index contributed by atoms with van der Waals surface area (Å²) in [7, 11) is 0. The molecule has 1 rings (SSSR count). The normalized spacial score (nSPS) is 24.8. The molecule has 0 amide bonds. The molecule has 15 heavy (non-hydrogen) atoms. The van der Waals surface area contributed by atoms with E-state index >= 15 is 0 Å². The van der Waals surface area contributed by atoms with Crippen LogP contribution in [0.2, 0.25) is 0 Å². The predicted octanol–water partition coefficient (Wildman–Crippen LogP) is 1.33. The SMILES string of the molecule is CC(C)C(C(=O)O)N1CCCC(C#N)C1. The molecule has 1 N–H and O–H groups in total. The Bertz CT molecular complexity index is 270. The van der Waals surface area contributed by atoms with Crippen LogP contribution in [0.25, 0.3) is 0 Å². The van der Waals surface area contributed by atoms with Gasteiger partial charge in [-0.15, -0.1) is 0 Å². The maximum absolute atomic E-state index is 11.1. The van der Waals surface area contributed by atoms with Gasteiger partial charge in [0.25, 0.3) is 0 Å². The summed E-state index contributed by atoms with van der Waals surface area (Å²) in [6.07, 6.45) is 1.83. The van der Waals surface area contributed by atoms with Crippen LogP contribution in [-0.2, 0) is 4.79 Å². The molecule has 0 aromatic rings. The van der Waals surface area contributed by atoms with Crippen molar-refractivity contribution in [2.24, 2.45) is 11.8 Å². The van der Waals surface area contributed by atoms with Gasteiger partial charge in [-0.1, -0.05) is 13.8 Å². The van der Waals surface area contributed by atoms with E-state index in [4.69, 9.17) is 10.4 Å². The largest absolute Gasteiger partial charge is 0.480 e. The third-order valence-corrected chi connectivity index (χ3v) is 2.91. The molecule has 0 aromatic heterocycles. The lowest BCUT2D eigenvalue weighted by Gasteiger charge is -2.35.